The van der Waals surface area contributed by atoms with Crippen molar-refractivity contribution in [3.63, 3.8) is 0 Å². The van der Waals surface area contributed by atoms with Gasteiger partial charge in [0.25, 0.3) is 5.91 Å². The number of hydrogen-bond acceptors (Lipinski definition) is 5. The first kappa shape index (κ1) is 25.1. The van der Waals surface area contributed by atoms with Gasteiger partial charge in [-0.05, 0) is 45.9 Å². The van der Waals surface area contributed by atoms with E-state index >= 15 is 0 Å². The van der Waals surface area contributed by atoms with Crippen LogP contribution in [0.15, 0.2) is 23.1 Å². The zero-order valence-corrected chi connectivity index (χ0v) is 20.3. The molecule has 0 aliphatic carbocycles. The van der Waals surface area contributed by atoms with Crippen LogP contribution in [-0.2, 0) is 14.8 Å². The average Bonchev–Trinajstić information content (AvgIpc) is 2.66. The van der Waals surface area contributed by atoms with Crippen LogP contribution in [-0.4, -0.2) is 74.0 Å². The molecule has 1 amide bonds. The molecular weight excluding hydrogens is 426 g/mol. The summed E-state index contributed by atoms with van der Waals surface area (Å²) in [5, 5.41) is 3.06. The van der Waals surface area contributed by atoms with Crippen molar-refractivity contribution in [3.8, 4) is 0 Å². The first-order valence-corrected chi connectivity index (χ1v) is 12.2. The Balaban J connectivity index is 2.16. The number of carbonyl (C=O) groups is 1. The van der Waals surface area contributed by atoms with Gasteiger partial charge in [0.2, 0.25) is 10.0 Å². The Labute approximate surface area is 185 Å². The van der Waals surface area contributed by atoms with Crippen molar-refractivity contribution in [2.45, 2.75) is 64.2 Å². The van der Waals surface area contributed by atoms with Crippen LogP contribution in [0.25, 0.3) is 0 Å². The maximum Gasteiger partial charge on any atom is 0.251 e. The van der Waals surface area contributed by atoms with E-state index in [9.17, 15) is 13.2 Å². The van der Waals surface area contributed by atoms with Gasteiger partial charge in [0.05, 0.1) is 17.2 Å². The predicted octanol–water partition coefficient (Wildman–Crippen LogP) is 2.99. The topological polar surface area (TPSA) is 79.0 Å². The molecule has 2 rings (SSSR count). The minimum absolute atomic E-state index is 0.0457. The van der Waals surface area contributed by atoms with E-state index in [-0.39, 0.29) is 39.1 Å². The molecule has 1 aliphatic rings. The number of carbonyl (C=O) groups excluding carboxylic acids is 1. The molecule has 30 heavy (non-hydrogen) atoms. The van der Waals surface area contributed by atoms with Crippen LogP contribution in [0.3, 0.4) is 0 Å². The summed E-state index contributed by atoms with van der Waals surface area (Å²) >= 11 is 6.17. The number of ether oxygens (including phenoxy) is 1. The van der Waals surface area contributed by atoms with E-state index < -0.39 is 10.0 Å². The number of sulfonamides is 1. The zero-order valence-electron chi connectivity index (χ0n) is 18.7. The van der Waals surface area contributed by atoms with Gasteiger partial charge in [-0.15, -0.1) is 0 Å². The van der Waals surface area contributed by atoms with Gasteiger partial charge in [-0.25, -0.2) is 8.42 Å². The Morgan fingerprint density at radius 1 is 1.23 bits per heavy atom. The number of hydrogen-bond donors (Lipinski definition) is 1. The van der Waals surface area contributed by atoms with E-state index in [0.29, 0.717) is 19.6 Å². The first-order valence-electron chi connectivity index (χ1n) is 10.4. The Hall–Kier alpha value is -1.19. The lowest BCUT2D eigenvalue weighted by Gasteiger charge is -2.45. The molecule has 1 fully saturated rings. The van der Waals surface area contributed by atoms with E-state index in [1.165, 1.54) is 16.4 Å². The van der Waals surface area contributed by atoms with Crippen LogP contribution in [0.1, 0.15) is 51.9 Å². The Morgan fingerprint density at radius 3 is 2.33 bits per heavy atom. The maximum absolute atomic E-state index is 12.9. The number of halogens is 1. The molecule has 0 radical (unpaired) electrons. The van der Waals surface area contributed by atoms with Crippen LogP contribution in [0.5, 0.6) is 0 Å². The molecule has 1 saturated heterocycles. The summed E-state index contributed by atoms with van der Waals surface area (Å²) in [6, 6.07) is 4.37. The smallest absolute Gasteiger partial charge is 0.251 e. The fourth-order valence-electron chi connectivity index (χ4n) is 3.73. The van der Waals surface area contributed by atoms with E-state index in [1.54, 1.807) is 19.9 Å². The number of benzene rings is 1. The SMILES string of the molecule is CCN(CC)S(=O)(=O)c1cc(C(=O)NCC(C)(C)N2CC(C)OC(C)C2)ccc1Cl. The van der Waals surface area contributed by atoms with Gasteiger partial charge in [0.1, 0.15) is 4.90 Å². The number of nitrogens with one attached hydrogen (secondary N) is 1. The lowest BCUT2D eigenvalue weighted by Crippen LogP contribution is -2.58. The summed E-state index contributed by atoms with van der Waals surface area (Å²) in [5.74, 6) is -0.329. The minimum Gasteiger partial charge on any atom is -0.373 e. The molecule has 2 atom stereocenters. The lowest BCUT2D eigenvalue weighted by molar-refractivity contribution is -0.0948. The Bertz CT molecular complexity index is 846. The number of morpholine rings is 1. The van der Waals surface area contributed by atoms with E-state index in [1.807, 2.05) is 13.8 Å². The molecule has 0 saturated carbocycles. The van der Waals surface area contributed by atoms with Crippen molar-refractivity contribution in [3.05, 3.63) is 28.8 Å². The molecule has 0 spiro atoms. The summed E-state index contributed by atoms with van der Waals surface area (Å²) in [5.41, 5.74) is -0.00511. The fourth-order valence-corrected chi connectivity index (χ4v) is 5.69. The third-order valence-corrected chi connectivity index (χ3v) is 8.01. The fraction of sp³-hybridized carbons (Fsp3) is 0.667. The molecule has 2 unspecified atom stereocenters. The summed E-state index contributed by atoms with van der Waals surface area (Å²) in [6.45, 7) is 14.4. The third-order valence-electron chi connectivity index (χ3n) is 5.47. The van der Waals surface area contributed by atoms with Crippen molar-refractivity contribution in [1.29, 1.82) is 0 Å². The van der Waals surface area contributed by atoms with Crippen molar-refractivity contribution >= 4 is 27.5 Å². The normalized spacial score (nSPS) is 21.1. The van der Waals surface area contributed by atoms with Gasteiger partial charge in [-0.2, -0.15) is 4.31 Å². The standard InChI is InChI=1S/C21H34ClN3O4S/c1-7-25(8-2)30(27,28)19-11-17(9-10-18(19)22)20(26)23-14-21(5,6)24-12-15(3)29-16(4)13-24/h9-11,15-16H,7-8,12-14H2,1-6H3,(H,23,26). The molecular formula is C21H34ClN3O4S. The van der Waals surface area contributed by atoms with Crippen LogP contribution in [0, 0.1) is 0 Å². The second-order valence-corrected chi connectivity index (χ2v) is 10.7. The molecule has 1 N–H and O–H groups in total. The van der Waals surface area contributed by atoms with Crippen molar-refractivity contribution in [1.82, 2.24) is 14.5 Å². The molecule has 7 nitrogen and oxygen atoms in total. The average molecular weight is 460 g/mol. The number of amides is 1. The predicted molar refractivity (Wildman–Crippen MR) is 120 cm³/mol. The molecule has 1 aliphatic heterocycles. The molecule has 170 valence electrons. The van der Waals surface area contributed by atoms with Gasteiger partial charge in [0, 0.05) is 43.8 Å². The van der Waals surface area contributed by atoms with E-state index in [4.69, 9.17) is 16.3 Å². The monoisotopic (exact) mass is 459 g/mol. The molecule has 1 heterocycles. The summed E-state index contributed by atoms with van der Waals surface area (Å²) < 4.78 is 32.9. The third kappa shape index (κ3) is 5.73. The highest BCUT2D eigenvalue weighted by molar-refractivity contribution is 7.89. The van der Waals surface area contributed by atoms with Gasteiger partial charge in [0.15, 0.2) is 0 Å². The van der Waals surface area contributed by atoms with Gasteiger partial charge in [-0.1, -0.05) is 25.4 Å². The zero-order chi connectivity index (χ0) is 22.7. The van der Waals surface area contributed by atoms with Crippen molar-refractivity contribution in [2.75, 3.05) is 32.7 Å². The molecule has 9 heteroatoms. The Morgan fingerprint density at radius 2 is 1.80 bits per heavy atom. The van der Waals surface area contributed by atoms with E-state index in [0.717, 1.165) is 13.1 Å². The second kappa shape index (κ2) is 9.96. The molecule has 0 bridgehead atoms. The largest absolute Gasteiger partial charge is 0.373 e. The highest BCUT2D eigenvalue weighted by Crippen LogP contribution is 2.26. The van der Waals surface area contributed by atoms with Crippen LogP contribution in [0.4, 0.5) is 0 Å². The quantitative estimate of drug-likeness (QED) is 0.646. The van der Waals surface area contributed by atoms with Crippen molar-refractivity contribution < 1.29 is 17.9 Å². The second-order valence-electron chi connectivity index (χ2n) is 8.39. The number of nitrogens with zero attached hydrogens (tertiary/aromatic N) is 2. The number of rotatable bonds is 8. The molecule has 1 aromatic rings. The summed E-state index contributed by atoms with van der Waals surface area (Å²) in [4.78, 5) is 15.1. The van der Waals surface area contributed by atoms with Crippen LogP contribution in [0.2, 0.25) is 5.02 Å². The summed E-state index contributed by atoms with van der Waals surface area (Å²) in [7, 11) is -3.76. The highest BCUT2D eigenvalue weighted by atomic mass is 35.5. The Kier molecular flexibility index (Phi) is 8.32. The van der Waals surface area contributed by atoms with E-state index in [2.05, 4.69) is 24.1 Å². The first-order chi connectivity index (χ1) is 13.9. The minimum atomic E-state index is -3.76. The maximum atomic E-state index is 12.9. The van der Waals surface area contributed by atoms with Crippen LogP contribution < -0.4 is 5.32 Å². The van der Waals surface area contributed by atoms with Crippen LogP contribution >= 0.6 is 11.6 Å². The highest BCUT2D eigenvalue weighted by Gasteiger charge is 2.33. The lowest BCUT2D eigenvalue weighted by atomic mass is 10.00. The molecule has 1 aromatic carbocycles. The van der Waals surface area contributed by atoms with Gasteiger partial charge in [-0.3, -0.25) is 9.69 Å². The van der Waals surface area contributed by atoms with Crippen molar-refractivity contribution in [2.24, 2.45) is 0 Å². The summed E-state index contributed by atoms with van der Waals surface area (Å²) in [6.07, 6.45) is 0.265. The molecule has 0 aromatic heterocycles. The van der Waals surface area contributed by atoms with Gasteiger partial charge < -0.3 is 10.1 Å². The van der Waals surface area contributed by atoms with Gasteiger partial charge >= 0.3 is 0 Å².